The summed E-state index contributed by atoms with van der Waals surface area (Å²) in [6.45, 7) is 4.34. The van der Waals surface area contributed by atoms with E-state index in [0.717, 1.165) is 25.0 Å². The zero-order chi connectivity index (χ0) is 21.8. The molecule has 10 heteroatoms. The third-order valence-corrected chi connectivity index (χ3v) is 4.58. The van der Waals surface area contributed by atoms with Crippen LogP contribution in [0.3, 0.4) is 0 Å². The van der Waals surface area contributed by atoms with Gasteiger partial charge in [-0.1, -0.05) is 20.3 Å². The lowest BCUT2D eigenvalue weighted by molar-refractivity contribution is 0.0457. The van der Waals surface area contributed by atoms with Gasteiger partial charge in [0.15, 0.2) is 11.2 Å². The first-order chi connectivity index (χ1) is 14.3. The first-order valence-corrected chi connectivity index (χ1v) is 9.71. The number of rotatable bonds is 8. The Kier molecular flexibility index (Phi) is 6.43. The van der Waals surface area contributed by atoms with Gasteiger partial charge in [0.05, 0.1) is 5.56 Å². The van der Waals surface area contributed by atoms with Crippen molar-refractivity contribution >= 4 is 17.1 Å². The number of carbonyl (C=O) groups is 1. The summed E-state index contributed by atoms with van der Waals surface area (Å²) in [5.41, 5.74) is -0.971. The number of hydrogen-bond donors (Lipinski definition) is 1. The van der Waals surface area contributed by atoms with Gasteiger partial charge < -0.3 is 9.30 Å². The molecule has 8 nitrogen and oxygen atoms in total. The molecule has 2 aromatic heterocycles. The van der Waals surface area contributed by atoms with E-state index in [-0.39, 0.29) is 29.2 Å². The predicted molar refractivity (Wildman–Crippen MR) is 105 cm³/mol. The summed E-state index contributed by atoms with van der Waals surface area (Å²) in [5, 5.41) is 0. The van der Waals surface area contributed by atoms with Gasteiger partial charge in [0.25, 0.3) is 5.56 Å². The maximum absolute atomic E-state index is 13.3. The third-order valence-electron chi connectivity index (χ3n) is 4.58. The van der Waals surface area contributed by atoms with Gasteiger partial charge in [-0.2, -0.15) is 0 Å². The second-order valence-corrected chi connectivity index (χ2v) is 6.85. The van der Waals surface area contributed by atoms with Gasteiger partial charge in [0, 0.05) is 19.2 Å². The molecule has 1 aromatic carbocycles. The number of H-pyrrole nitrogens is 1. The molecule has 1 N–H and O–H groups in total. The van der Waals surface area contributed by atoms with Crippen LogP contribution in [0.4, 0.5) is 8.78 Å². The first-order valence-electron chi connectivity index (χ1n) is 9.71. The molecule has 0 fully saturated rings. The van der Waals surface area contributed by atoms with E-state index in [1.54, 1.807) is 4.57 Å². The topological polar surface area (TPSA) is 99.0 Å². The van der Waals surface area contributed by atoms with Gasteiger partial charge in [-0.25, -0.2) is 23.4 Å². The van der Waals surface area contributed by atoms with E-state index in [2.05, 4.69) is 9.97 Å². The van der Waals surface area contributed by atoms with Crippen LogP contribution in [0.2, 0.25) is 0 Å². The van der Waals surface area contributed by atoms with Gasteiger partial charge in [-0.15, -0.1) is 0 Å². The number of nitrogens with zero attached hydrogens (tertiary/aromatic N) is 3. The minimum Gasteiger partial charge on any atom is -0.454 e. The molecule has 160 valence electrons. The molecule has 0 bridgehead atoms. The lowest BCUT2D eigenvalue weighted by Crippen LogP contribution is -2.31. The normalized spacial score (nSPS) is 11.2. The molecule has 0 amide bonds. The molecule has 2 heterocycles. The SMILES string of the molecule is CCCCn1c(=O)[nH]c(=O)c2c1nc(COC(=O)c1cc(F)cc(F)c1)n2CCC. The monoisotopic (exact) mass is 420 g/mol. The number of imidazole rings is 1. The first kappa shape index (κ1) is 21.4. The average molecular weight is 420 g/mol. The molecule has 0 radical (unpaired) electrons. The van der Waals surface area contributed by atoms with Crippen molar-refractivity contribution in [2.75, 3.05) is 0 Å². The number of carbonyl (C=O) groups excluding carboxylic acids is 1. The highest BCUT2D eigenvalue weighted by Crippen LogP contribution is 2.15. The molecule has 0 aliphatic carbocycles. The zero-order valence-corrected chi connectivity index (χ0v) is 16.7. The quantitative estimate of drug-likeness (QED) is 0.565. The molecule has 0 saturated heterocycles. The van der Waals surface area contributed by atoms with Gasteiger partial charge in [0.2, 0.25) is 0 Å². The highest BCUT2D eigenvalue weighted by Gasteiger charge is 2.20. The van der Waals surface area contributed by atoms with Crippen molar-refractivity contribution in [3.8, 4) is 0 Å². The van der Waals surface area contributed by atoms with Crippen molar-refractivity contribution in [1.29, 1.82) is 0 Å². The Bertz CT molecular complexity index is 1180. The van der Waals surface area contributed by atoms with Crippen LogP contribution in [0, 0.1) is 11.6 Å². The molecule has 3 aromatic rings. The van der Waals surface area contributed by atoms with Crippen LogP contribution in [-0.4, -0.2) is 25.1 Å². The van der Waals surface area contributed by atoms with Crippen LogP contribution in [0.5, 0.6) is 0 Å². The summed E-state index contributed by atoms with van der Waals surface area (Å²) < 4.78 is 34.9. The molecule has 0 aliphatic heterocycles. The summed E-state index contributed by atoms with van der Waals surface area (Å²) in [5.74, 6) is -2.46. The fraction of sp³-hybridized carbons (Fsp3) is 0.400. The summed E-state index contributed by atoms with van der Waals surface area (Å²) in [6.07, 6.45) is 2.23. The Labute approximate surface area is 170 Å². The fourth-order valence-electron chi connectivity index (χ4n) is 3.20. The van der Waals surface area contributed by atoms with Gasteiger partial charge >= 0.3 is 11.7 Å². The molecule has 0 aliphatic rings. The number of esters is 1. The predicted octanol–water partition coefficient (Wildman–Crippen LogP) is 2.73. The number of aryl methyl sites for hydroxylation is 2. The van der Waals surface area contributed by atoms with E-state index in [1.807, 2.05) is 13.8 Å². The number of benzene rings is 1. The van der Waals surface area contributed by atoms with Crippen molar-refractivity contribution in [2.45, 2.75) is 52.8 Å². The molecular formula is C20H22F2N4O4. The van der Waals surface area contributed by atoms with Crippen LogP contribution in [0.25, 0.3) is 11.2 Å². The number of halogens is 2. The zero-order valence-electron chi connectivity index (χ0n) is 16.7. The Hall–Kier alpha value is -3.30. The van der Waals surface area contributed by atoms with Gasteiger partial charge in [0.1, 0.15) is 24.1 Å². The van der Waals surface area contributed by atoms with Crippen LogP contribution >= 0.6 is 0 Å². The Morgan fingerprint density at radius 2 is 1.77 bits per heavy atom. The van der Waals surface area contributed by atoms with E-state index < -0.39 is 28.9 Å². The lowest BCUT2D eigenvalue weighted by Gasteiger charge is -2.08. The van der Waals surface area contributed by atoms with Gasteiger partial charge in [-0.3, -0.25) is 14.3 Å². The maximum Gasteiger partial charge on any atom is 0.338 e. The minimum absolute atomic E-state index is 0.216. The van der Waals surface area contributed by atoms with E-state index in [1.165, 1.54) is 4.57 Å². The van der Waals surface area contributed by atoms with Crippen molar-refractivity contribution in [1.82, 2.24) is 19.1 Å². The lowest BCUT2D eigenvalue weighted by atomic mass is 10.2. The highest BCUT2D eigenvalue weighted by molar-refractivity contribution is 5.89. The standard InChI is InChI=1S/C20H22F2N4O4/c1-3-5-7-26-17-16(18(27)24-20(26)29)25(6-4-2)15(23-17)11-30-19(28)12-8-13(21)10-14(22)9-12/h8-10H,3-7,11H2,1-2H3,(H,24,27,29). The number of fused-ring (bicyclic) bond motifs is 1. The van der Waals surface area contributed by atoms with Crippen LogP contribution in [0.15, 0.2) is 27.8 Å². The Morgan fingerprint density at radius 1 is 1.07 bits per heavy atom. The summed E-state index contributed by atoms with van der Waals surface area (Å²) in [7, 11) is 0. The second-order valence-electron chi connectivity index (χ2n) is 6.85. The van der Waals surface area contributed by atoms with Gasteiger partial charge in [-0.05, 0) is 25.0 Å². The molecule has 30 heavy (non-hydrogen) atoms. The maximum atomic E-state index is 13.3. The van der Waals surface area contributed by atoms with Crippen molar-refractivity contribution in [3.63, 3.8) is 0 Å². The van der Waals surface area contributed by atoms with Crippen molar-refractivity contribution in [2.24, 2.45) is 0 Å². The number of nitrogens with one attached hydrogen (secondary N) is 1. The Morgan fingerprint density at radius 3 is 2.40 bits per heavy atom. The highest BCUT2D eigenvalue weighted by atomic mass is 19.1. The largest absolute Gasteiger partial charge is 0.454 e. The number of aromatic nitrogens is 4. The third kappa shape index (κ3) is 4.32. The van der Waals surface area contributed by atoms with E-state index in [4.69, 9.17) is 4.74 Å². The second kappa shape index (κ2) is 9.02. The minimum atomic E-state index is -0.930. The molecule has 0 unspecified atom stereocenters. The molecule has 0 saturated carbocycles. The summed E-state index contributed by atoms with van der Waals surface area (Å²) >= 11 is 0. The van der Waals surface area contributed by atoms with Crippen molar-refractivity contribution in [3.05, 3.63) is 62.1 Å². The molecule has 0 spiro atoms. The summed E-state index contributed by atoms with van der Waals surface area (Å²) in [6, 6.07) is 2.39. The van der Waals surface area contributed by atoms with E-state index in [0.29, 0.717) is 25.6 Å². The number of ether oxygens (including phenoxy) is 1. The summed E-state index contributed by atoms with van der Waals surface area (Å²) in [4.78, 5) is 43.6. The van der Waals surface area contributed by atoms with Crippen molar-refractivity contribution < 1.29 is 18.3 Å². The Balaban J connectivity index is 1.99. The molecule has 0 atom stereocenters. The van der Waals surface area contributed by atoms with E-state index in [9.17, 15) is 23.2 Å². The average Bonchev–Trinajstić information content (AvgIpc) is 3.04. The van der Waals surface area contributed by atoms with Crippen LogP contribution in [0.1, 0.15) is 49.3 Å². The number of hydrogen-bond acceptors (Lipinski definition) is 5. The number of unbranched alkanes of at least 4 members (excludes halogenated alkanes) is 1. The van der Waals surface area contributed by atoms with Crippen LogP contribution in [-0.2, 0) is 24.4 Å². The van der Waals surface area contributed by atoms with Crippen LogP contribution < -0.4 is 11.2 Å². The number of aromatic amines is 1. The van der Waals surface area contributed by atoms with E-state index >= 15 is 0 Å². The molecular weight excluding hydrogens is 398 g/mol. The fourth-order valence-corrected chi connectivity index (χ4v) is 3.20. The molecule has 3 rings (SSSR count). The smallest absolute Gasteiger partial charge is 0.338 e.